The third kappa shape index (κ3) is 5.02. The fourth-order valence-corrected chi connectivity index (χ4v) is 2.15. The van der Waals surface area contributed by atoms with Crippen LogP contribution >= 0.6 is 0 Å². The van der Waals surface area contributed by atoms with Gasteiger partial charge in [0, 0.05) is 6.54 Å². The Morgan fingerprint density at radius 1 is 1.30 bits per heavy atom. The molecular weight excluding hydrogens is 313 g/mol. The van der Waals surface area contributed by atoms with Gasteiger partial charge in [0.1, 0.15) is 19.8 Å². The summed E-state index contributed by atoms with van der Waals surface area (Å²) in [4.78, 5) is 13.4. The van der Waals surface area contributed by atoms with Crippen molar-refractivity contribution in [3.05, 3.63) is 23.8 Å². The Hall–Kier alpha value is -1.96. The van der Waals surface area contributed by atoms with Gasteiger partial charge in [-0.15, -0.1) is 0 Å². The molecule has 1 aliphatic rings. The number of fused-ring (bicyclic) bond motifs is 1. The van der Waals surface area contributed by atoms with Crippen LogP contribution in [0.2, 0.25) is 0 Å². The Bertz CT molecular complexity index is 563. The number of carbonyl (C=O) groups is 1. The number of likely N-dealkylation sites (N-methyl/N-ethyl adjacent to an activating group) is 1. The smallest absolute Gasteiger partial charge is 0.405 e. The summed E-state index contributed by atoms with van der Waals surface area (Å²) in [6.07, 6.45) is -4.41. The largest absolute Gasteiger partial charge is 0.486 e. The van der Waals surface area contributed by atoms with Crippen LogP contribution in [0, 0.1) is 0 Å². The molecule has 8 heteroatoms. The number of hydrogen-bond donors (Lipinski definition) is 1. The summed E-state index contributed by atoms with van der Waals surface area (Å²) in [7, 11) is 1.68. The third-order valence-corrected chi connectivity index (χ3v) is 3.54. The van der Waals surface area contributed by atoms with Gasteiger partial charge in [0.25, 0.3) is 0 Å². The fraction of sp³-hybridized carbons (Fsp3) is 0.533. The first-order valence-corrected chi connectivity index (χ1v) is 7.19. The molecular formula is C15H19F3N2O3. The average Bonchev–Trinajstić information content (AvgIpc) is 2.51. The van der Waals surface area contributed by atoms with Crippen molar-refractivity contribution in [3.8, 4) is 11.5 Å². The van der Waals surface area contributed by atoms with E-state index < -0.39 is 24.7 Å². The quantitative estimate of drug-likeness (QED) is 0.896. The standard InChI is InChI=1S/C15H19F3N2O3/c1-10(14(21)19-9-15(16,17)18)20(2)8-11-3-4-12-13(7-11)23-6-5-22-12/h3-4,7,10H,5-6,8-9H2,1-2H3,(H,19,21). The molecule has 0 saturated carbocycles. The van der Waals surface area contributed by atoms with E-state index in [0.29, 0.717) is 31.3 Å². The predicted molar refractivity (Wildman–Crippen MR) is 77.4 cm³/mol. The van der Waals surface area contributed by atoms with E-state index in [2.05, 4.69) is 0 Å². The van der Waals surface area contributed by atoms with Gasteiger partial charge in [0.2, 0.25) is 5.91 Å². The van der Waals surface area contributed by atoms with Crippen LogP contribution in [-0.4, -0.2) is 49.8 Å². The molecule has 0 aliphatic carbocycles. The van der Waals surface area contributed by atoms with E-state index in [4.69, 9.17) is 9.47 Å². The lowest BCUT2D eigenvalue weighted by Gasteiger charge is -2.25. The number of alkyl halides is 3. The van der Waals surface area contributed by atoms with E-state index in [0.717, 1.165) is 5.56 Å². The zero-order valence-electron chi connectivity index (χ0n) is 12.9. The zero-order chi connectivity index (χ0) is 17.0. The van der Waals surface area contributed by atoms with E-state index in [1.807, 2.05) is 17.4 Å². The molecule has 0 saturated heterocycles. The first-order valence-electron chi connectivity index (χ1n) is 7.19. The van der Waals surface area contributed by atoms with Crippen LogP contribution in [0.5, 0.6) is 11.5 Å². The lowest BCUT2D eigenvalue weighted by Crippen LogP contribution is -2.45. The van der Waals surface area contributed by atoms with E-state index >= 15 is 0 Å². The first kappa shape index (κ1) is 17.4. The maximum atomic E-state index is 12.1. The van der Waals surface area contributed by atoms with Crippen LogP contribution in [0.4, 0.5) is 13.2 Å². The molecule has 0 bridgehead atoms. The molecule has 0 aromatic heterocycles. The van der Waals surface area contributed by atoms with Crippen LogP contribution in [0.1, 0.15) is 12.5 Å². The second-order valence-corrected chi connectivity index (χ2v) is 5.40. The van der Waals surface area contributed by atoms with Gasteiger partial charge in [-0.05, 0) is 31.7 Å². The number of halogens is 3. The van der Waals surface area contributed by atoms with Gasteiger partial charge >= 0.3 is 6.18 Å². The highest BCUT2D eigenvalue weighted by Gasteiger charge is 2.29. The molecule has 1 aliphatic heterocycles. The average molecular weight is 332 g/mol. The van der Waals surface area contributed by atoms with Gasteiger partial charge in [-0.2, -0.15) is 13.2 Å². The molecule has 1 heterocycles. The van der Waals surface area contributed by atoms with Gasteiger partial charge in [-0.3, -0.25) is 9.69 Å². The van der Waals surface area contributed by atoms with E-state index in [1.165, 1.54) is 0 Å². The molecule has 2 rings (SSSR count). The summed E-state index contributed by atoms with van der Waals surface area (Å²) < 4.78 is 47.3. The number of nitrogens with one attached hydrogen (secondary N) is 1. The molecule has 128 valence electrons. The van der Waals surface area contributed by atoms with Crippen molar-refractivity contribution >= 4 is 5.91 Å². The summed E-state index contributed by atoms with van der Waals surface area (Å²) in [5, 5.41) is 1.89. The molecule has 1 atom stereocenters. The number of hydrogen-bond acceptors (Lipinski definition) is 4. The summed E-state index contributed by atoms with van der Waals surface area (Å²) in [6.45, 7) is 1.61. The second kappa shape index (κ2) is 7.08. The molecule has 0 fully saturated rings. The lowest BCUT2D eigenvalue weighted by atomic mass is 10.1. The van der Waals surface area contributed by atoms with Crippen molar-refractivity contribution in [3.63, 3.8) is 0 Å². The molecule has 1 aromatic rings. The Kier molecular flexibility index (Phi) is 5.35. The van der Waals surface area contributed by atoms with Gasteiger partial charge in [-0.1, -0.05) is 6.07 Å². The molecule has 1 N–H and O–H groups in total. The number of rotatable bonds is 5. The molecule has 5 nitrogen and oxygen atoms in total. The van der Waals surface area contributed by atoms with Crippen LogP contribution in [0.25, 0.3) is 0 Å². The first-order chi connectivity index (χ1) is 10.8. The summed E-state index contributed by atoms with van der Waals surface area (Å²) in [5.41, 5.74) is 0.882. The molecule has 23 heavy (non-hydrogen) atoms. The van der Waals surface area contributed by atoms with Crippen LogP contribution in [0.3, 0.4) is 0 Å². The SMILES string of the molecule is CC(C(=O)NCC(F)(F)F)N(C)Cc1ccc2c(c1)OCCO2. The molecule has 1 aromatic carbocycles. The molecule has 0 spiro atoms. The van der Waals surface area contributed by atoms with Crippen LogP contribution in [0.15, 0.2) is 18.2 Å². The molecule has 1 unspecified atom stereocenters. The van der Waals surface area contributed by atoms with Crippen molar-refractivity contribution in [1.29, 1.82) is 0 Å². The number of ether oxygens (including phenoxy) is 2. The zero-order valence-corrected chi connectivity index (χ0v) is 12.9. The van der Waals surface area contributed by atoms with Gasteiger partial charge in [-0.25, -0.2) is 0 Å². The summed E-state index contributed by atoms with van der Waals surface area (Å²) in [6, 6.07) is 4.74. The highest BCUT2D eigenvalue weighted by atomic mass is 19.4. The minimum atomic E-state index is -4.41. The number of benzene rings is 1. The van der Waals surface area contributed by atoms with Gasteiger partial charge < -0.3 is 14.8 Å². The Morgan fingerprint density at radius 2 is 1.96 bits per heavy atom. The van der Waals surface area contributed by atoms with Crippen molar-refractivity contribution < 1.29 is 27.4 Å². The summed E-state index contributed by atoms with van der Waals surface area (Å²) >= 11 is 0. The minimum Gasteiger partial charge on any atom is -0.486 e. The van der Waals surface area contributed by atoms with Crippen LogP contribution < -0.4 is 14.8 Å². The molecule has 1 amide bonds. The Morgan fingerprint density at radius 3 is 2.61 bits per heavy atom. The van der Waals surface area contributed by atoms with Gasteiger partial charge in [0.05, 0.1) is 6.04 Å². The van der Waals surface area contributed by atoms with E-state index in [-0.39, 0.29) is 0 Å². The van der Waals surface area contributed by atoms with Gasteiger partial charge in [0.15, 0.2) is 11.5 Å². The minimum absolute atomic E-state index is 0.400. The van der Waals surface area contributed by atoms with Crippen molar-refractivity contribution in [2.75, 3.05) is 26.8 Å². The molecule has 0 radical (unpaired) electrons. The maximum Gasteiger partial charge on any atom is 0.405 e. The third-order valence-electron chi connectivity index (χ3n) is 3.54. The number of carbonyl (C=O) groups excluding carboxylic acids is 1. The van der Waals surface area contributed by atoms with E-state index in [1.54, 1.807) is 24.9 Å². The number of nitrogens with zero attached hydrogens (tertiary/aromatic N) is 1. The lowest BCUT2D eigenvalue weighted by molar-refractivity contribution is -0.141. The second-order valence-electron chi connectivity index (χ2n) is 5.40. The predicted octanol–water partition coefficient (Wildman–Crippen LogP) is 1.96. The normalized spacial score (nSPS) is 15.4. The van der Waals surface area contributed by atoms with Crippen molar-refractivity contribution in [2.45, 2.75) is 25.7 Å². The van der Waals surface area contributed by atoms with Crippen LogP contribution in [-0.2, 0) is 11.3 Å². The highest BCUT2D eigenvalue weighted by Crippen LogP contribution is 2.31. The van der Waals surface area contributed by atoms with E-state index in [9.17, 15) is 18.0 Å². The fourth-order valence-electron chi connectivity index (χ4n) is 2.15. The van der Waals surface area contributed by atoms with Crippen molar-refractivity contribution in [1.82, 2.24) is 10.2 Å². The van der Waals surface area contributed by atoms with Crippen molar-refractivity contribution in [2.24, 2.45) is 0 Å². The monoisotopic (exact) mass is 332 g/mol. The highest BCUT2D eigenvalue weighted by molar-refractivity contribution is 5.81. The topological polar surface area (TPSA) is 50.8 Å². The summed E-state index contributed by atoms with van der Waals surface area (Å²) in [5.74, 6) is 0.636. The Balaban J connectivity index is 1.92. The maximum absolute atomic E-state index is 12.1. The number of amides is 1. The Labute approximate surface area is 132 Å².